The summed E-state index contributed by atoms with van der Waals surface area (Å²) in [6.45, 7) is 17.8. The van der Waals surface area contributed by atoms with Crippen molar-refractivity contribution in [2.75, 3.05) is 25.4 Å². The van der Waals surface area contributed by atoms with Crippen LogP contribution in [0.3, 0.4) is 0 Å². The standard InChI is InChI=1S/C17H24N4O3.C13H22N4O2.C6H10O3.CH4/c1-11-9-15(22)21-14(18-11)10-12(19-21)13-7-5-6-8-20(13)16(23)24-17(2,3)4;1-13(2,3)19-12(18)17-7-5-4-6-10(17)9-8-11(14)16-15-9;1-3-9-6(8)4-5(2)7;/h9-10,13,19H,5-8H2,1-4H3;8,10H,4-7H2,1-3H3,(H3,14,15,16);3-4H2,1-2H3;1H4/t13-;10-;;/m00../s1. The zero-order chi connectivity index (χ0) is 38.8. The molecular formula is C37H60N8O8. The van der Waals surface area contributed by atoms with Gasteiger partial charge in [0, 0.05) is 37.0 Å². The number of aromatic nitrogens is 5. The van der Waals surface area contributed by atoms with Gasteiger partial charge in [0.05, 0.1) is 30.1 Å². The van der Waals surface area contributed by atoms with Gasteiger partial charge in [-0.25, -0.2) is 19.1 Å². The summed E-state index contributed by atoms with van der Waals surface area (Å²) < 4.78 is 16.9. The molecule has 2 atom stereocenters. The third kappa shape index (κ3) is 13.9. The van der Waals surface area contributed by atoms with Gasteiger partial charge in [0.2, 0.25) is 0 Å². The van der Waals surface area contributed by atoms with Crippen LogP contribution in [-0.4, -0.2) is 89.4 Å². The number of hydrogen-bond acceptors (Lipinski definition) is 11. The van der Waals surface area contributed by atoms with Gasteiger partial charge >= 0.3 is 18.2 Å². The van der Waals surface area contributed by atoms with E-state index in [1.54, 1.807) is 29.7 Å². The lowest BCUT2D eigenvalue weighted by Crippen LogP contribution is -2.42. The van der Waals surface area contributed by atoms with Crippen LogP contribution in [0.2, 0.25) is 0 Å². The number of nitrogens with two attached hydrogens (primary N) is 1. The first-order chi connectivity index (χ1) is 24.3. The molecule has 2 amide bonds. The fourth-order valence-electron chi connectivity index (χ4n) is 5.83. The number of ether oxygens (including phenoxy) is 3. The van der Waals surface area contributed by atoms with Gasteiger partial charge < -0.3 is 19.9 Å². The minimum Gasteiger partial charge on any atom is -0.466 e. The van der Waals surface area contributed by atoms with E-state index >= 15 is 0 Å². The Hall–Kier alpha value is -4.89. The first-order valence-electron chi connectivity index (χ1n) is 17.8. The molecule has 3 aromatic rings. The number of H-pyrrole nitrogens is 2. The largest absolute Gasteiger partial charge is 0.466 e. The van der Waals surface area contributed by atoms with Crippen LogP contribution < -0.4 is 11.3 Å². The maximum atomic E-state index is 12.5. The summed E-state index contributed by atoms with van der Waals surface area (Å²) in [5.41, 5.74) is 7.42. The van der Waals surface area contributed by atoms with Crippen LogP contribution >= 0.6 is 0 Å². The molecule has 16 nitrogen and oxygen atoms in total. The molecule has 0 saturated carbocycles. The zero-order valence-electron chi connectivity index (χ0n) is 32.0. The zero-order valence-corrected chi connectivity index (χ0v) is 32.0. The van der Waals surface area contributed by atoms with E-state index < -0.39 is 17.2 Å². The predicted octanol–water partition coefficient (Wildman–Crippen LogP) is 6.41. The summed E-state index contributed by atoms with van der Waals surface area (Å²) in [6, 6.07) is 4.97. The summed E-state index contributed by atoms with van der Waals surface area (Å²) in [4.78, 5) is 65.4. The second-order valence-electron chi connectivity index (χ2n) is 14.9. The van der Waals surface area contributed by atoms with E-state index in [0.29, 0.717) is 36.9 Å². The summed E-state index contributed by atoms with van der Waals surface area (Å²) in [5, 5.41) is 9.93. The van der Waals surface area contributed by atoms with E-state index in [1.165, 1.54) is 17.5 Å². The van der Waals surface area contributed by atoms with Crippen LogP contribution in [0.5, 0.6) is 0 Å². The smallest absolute Gasteiger partial charge is 0.410 e. The monoisotopic (exact) mass is 744 g/mol. The number of fused-ring (bicyclic) bond motifs is 1. The Labute approximate surface area is 312 Å². The number of piperidine rings is 2. The Morgan fingerprint density at radius 1 is 0.868 bits per heavy atom. The Morgan fingerprint density at radius 3 is 1.85 bits per heavy atom. The van der Waals surface area contributed by atoms with Crippen LogP contribution in [0.4, 0.5) is 15.4 Å². The number of carbonyl (C=O) groups excluding carboxylic acids is 4. The number of carbonyl (C=O) groups is 4. The molecule has 2 aliphatic heterocycles. The second-order valence-corrected chi connectivity index (χ2v) is 14.9. The molecule has 0 radical (unpaired) electrons. The van der Waals surface area contributed by atoms with Gasteiger partial charge in [-0.3, -0.25) is 34.4 Å². The molecule has 4 N–H and O–H groups in total. The summed E-state index contributed by atoms with van der Waals surface area (Å²) in [7, 11) is 0. The average Bonchev–Trinajstić information content (AvgIpc) is 3.66. The maximum absolute atomic E-state index is 12.5. The topological polar surface area (TPSA) is 207 Å². The van der Waals surface area contributed by atoms with Crippen molar-refractivity contribution in [1.82, 2.24) is 34.6 Å². The summed E-state index contributed by atoms with van der Waals surface area (Å²) in [6.07, 6.45) is 5.11. The molecule has 5 heterocycles. The fourth-order valence-corrected chi connectivity index (χ4v) is 5.83. The average molecular weight is 745 g/mol. The number of aromatic amines is 2. The van der Waals surface area contributed by atoms with Crippen LogP contribution in [0.15, 0.2) is 23.0 Å². The molecule has 53 heavy (non-hydrogen) atoms. The normalized spacial score (nSPS) is 17.3. The van der Waals surface area contributed by atoms with Crippen molar-refractivity contribution in [1.29, 1.82) is 0 Å². The van der Waals surface area contributed by atoms with Crippen molar-refractivity contribution >= 4 is 35.4 Å². The number of Topliss-reactive ketones (excluding diaryl/α,β-unsaturated/α-hetero) is 1. The summed E-state index contributed by atoms with van der Waals surface area (Å²) >= 11 is 0. The lowest BCUT2D eigenvalue weighted by atomic mass is 10.00. The van der Waals surface area contributed by atoms with Gasteiger partial charge in [0.25, 0.3) is 5.56 Å². The van der Waals surface area contributed by atoms with E-state index in [-0.39, 0.29) is 49.5 Å². The highest BCUT2D eigenvalue weighted by atomic mass is 16.6. The van der Waals surface area contributed by atoms with E-state index in [1.807, 2.05) is 47.6 Å². The van der Waals surface area contributed by atoms with Gasteiger partial charge in [-0.1, -0.05) is 7.43 Å². The second kappa shape index (κ2) is 19.3. The van der Waals surface area contributed by atoms with Gasteiger partial charge in [0.15, 0.2) is 5.65 Å². The highest BCUT2D eigenvalue weighted by Gasteiger charge is 2.34. The SMILES string of the molecule is C.CC(C)(C)OC(=O)N1CCCC[C@H]1c1cc(N)n[nH]1.CCOC(=O)CC(C)=O.Cc1cc(=O)n2[nH]c([C@@H]3CCCCN3C(=O)OC(C)(C)C)cc2n1. The number of likely N-dealkylation sites (tertiary alicyclic amines) is 2. The third-order valence-corrected chi connectivity index (χ3v) is 7.89. The van der Waals surface area contributed by atoms with Gasteiger partial charge in [-0.05, 0) is 101 Å². The van der Waals surface area contributed by atoms with Crippen LogP contribution in [0, 0.1) is 6.92 Å². The number of nitrogen functional groups attached to an aromatic ring is 1. The minimum atomic E-state index is -0.533. The van der Waals surface area contributed by atoms with Crippen LogP contribution in [-0.2, 0) is 23.8 Å². The van der Waals surface area contributed by atoms with E-state index in [4.69, 9.17) is 15.2 Å². The van der Waals surface area contributed by atoms with Gasteiger partial charge in [-0.15, -0.1) is 0 Å². The van der Waals surface area contributed by atoms with Crippen molar-refractivity contribution in [2.45, 2.75) is 138 Å². The Morgan fingerprint density at radius 2 is 1.40 bits per heavy atom. The molecule has 0 unspecified atom stereocenters. The molecular weight excluding hydrogens is 684 g/mol. The van der Waals surface area contributed by atoms with Gasteiger partial charge in [-0.2, -0.15) is 5.10 Å². The molecule has 2 fully saturated rings. The van der Waals surface area contributed by atoms with E-state index in [2.05, 4.69) is 25.0 Å². The molecule has 16 heteroatoms. The number of ketones is 1. The molecule has 296 valence electrons. The molecule has 0 spiro atoms. The fraction of sp³-hybridized carbons (Fsp3) is 0.649. The molecule has 5 rings (SSSR count). The van der Waals surface area contributed by atoms with Crippen LogP contribution in [0.1, 0.15) is 137 Å². The number of amides is 2. The number of nitrogens with zero attached hydrogens (tertiary/aromatic N) is 5. The van der Waals surface area contributed by atoms with E-state index in [9.17, 15) is 24.0 Å². The number of esters is 1. The highest BCUT2D eigenvalue weighted by molar-refractivity contribution is 5.94. The van der Waals surface area contributed by atoms with Crippen molar-refractivity contribution in [3.05, 3.63) is 45.6 Å². The quantitative estimate of drug-likeness (QED) is 0.148. The predicted molar refractivity (Wildman–Crippen MR) is 201 cm³/mol. The Bertz CT molecular complexity index is 1730. The number of hydrogen-bond donors (Lipinski definition) is 3. The molecule has 0 bridgehead atoms. The maximum Gasteiger partial charge on any atom is 0.410 e. The molecule has 3 aromatic heterocycles. The molecule has 0 aliphatic carbocycles. The molecule has 0 aromatic carbocycles. The van der Waals surface area contributed by atoms with Crippen molar-refractivity contribution < 1.29 is 33.4 Å². The lowest BCUT2D eigenvalue weighted by molar-refractivity contribution is -0.145. The molecule has 2 saturated heterocycles. The van der Waals surface area contributed by atoms with Crippen molar-refractivity contribution in [3.63, 3.8) is 0 Å². The first-order valence-corrected chi connectivity index (χ1v) is 17.8. The number of aryl methyl sites for hydroxylation is 1. The molecule has 2 aliphatic rings. The first kappa shape index (κ1) is 44.3. The number of rotatable bonds is 5. The van der Waals surface area contributed by atoms with Crippen molar-refractivity contribution in [3.8, 4) is 0 Å². The van der Waals surface area contributed by atoms with E-state index in [0.717, 1.165) is 49.9 Å². The van der Waals surface area contributed by atoms with Gasteiger partial charge in [0.1, 0.15) is 29.2 Å². The Balaban J connectivity index is 0.000000300. The summed E-state index contributed by atoms with van der Waals surface area (Å²) in [5.74, 6) is -0.150. The lowest BCUT2D eigenvalue weighted by Gasteiger charge is -2.36. The van der Waals surface area contributed by atoms with Crippen molar-refractivity contribution in [2.24, 2.45) is 0 Å². The number of nitrogens with one attached hydrogen (secondary N) is 2. The Kier molecular flexibility index (Phi) is 16.1. The number of anilines is 1. The third-order valence-electron chi connectivity index (χ3n) is 7.89. The highest BCUT2D eigenvalue weighted by Crippen LogP contribution is 2.33. The van der Waals surface area contributed by atoms with Crippen LogP contribution in [0.25, 0.3) is 5.65 Å². The minimum absolute atomic E-state index is 0.